The van der Waals surface area contributed by atoms with Gasteiger partial charge in [0.1, 0.15) is 0 Å². The lowest BCUT2D eigenvalue weighted by Crippen LogP contribution is -2.44. The van der Waals surface area contributed by atoms with Gasteiger partial charge in [-0.1, -0.05) is 44.9 Å². The Bertz CT molecular complexity index is 359. The first kappa shape index (κ1) is 16.3. The van der Waals surface area contributed by atoms with Crippen molar-refractivity contribution in [1.29, 1.82) is 0 Å². The first-order valence-electron chi connectivity index (χ1n) is 8.37. The van der Waals surface area contributed by atoms with Gasteiger partial charge in [0.05, 0.1) is 12.0 Å². The van der Waals surface area contributed by atoms with E-state index in [9.17, 15) is 14.7 Å². The maximum absolute atomic E-state index is 11.7. The molecule has 120 valence electrons. The number of aliphatic hydroxyl groups is 1. The molecule has 0 saturated heterocycles. The smallest absolute Gasteiger partial charge is 0.241 e. The first-order chi connectivity index (χ1) is 10.1. The number of hydrogen-bond acceptors (Lipinski definition) is 3. The topological polar surface area (TPSA) is 78.4 Å². The van der Waals surface area contributed by atoms with Crippen LogP contribution in [-0.4, -0.2) is 22.5 Å². The summed E-state index contributed by atoms with van der Waals surface area (Å²) in [4.78, 5) is 23.4. The van der Waals surface area contributed by atoms with Crippen molar-refractivity contribution in [2.75, 3.05) is 0 Å². The van der Waals surface area contributed by atoms with E-state index in [-0.39, 0.29) is 18.2 Å². The van der Waals surface area contributed by atoms with Crippen LogP contribution in [0.2, 0.25) is 0 Å². The second-order valence-electron chi connectivity index (χ2n) is 6.75. The molecule has 2 aliphatic rings. The van der Waals surface area contributed by atoms with E-state index < -0.39 is 5.60 Å². The molecule has 2 fully saturated rings. The van der Waals surface area contributed by atoms with E-state index in [2.05, 4.69) is 10.9 Å². The molecular formula is C16H28N2O3. The minimum Gasteiger partial charge on any atom is -0.389 e. The number of carbonyl (C=O) groups is 2. The summed E-state index contributed by atoms with van der Waals surface area (Å²) >= 11 is 0. The number of hydrogen-bond donors (Lipinski definition) is 3. The third-order valence-electron chi connectivity index (χ3n) is 4.87. The Morgan fingerprint density at radius 2 is 1.57 bits per heavy atom. The normalized spacial score (nSPS) is 22.0. The fourth-order valence-electron chi connectivity index (χ4n) is 3.57. The highest BCUT2D eigenvalue weighted by Gasteiger charge is 2.33. The van der Waals surface area contributed by atoms with Crippen LogP contribution in [0.25, 0.3) is 0 Å². The molecule has 5 nitrogen and oxygen atoms in total. The van der Waals surface area contributed by atoms with Crippen LogP contribution in [-0.2, 0) is 9.59 Å². The van der Waals surface area contributed by atoms with Gasteiger partial charge in [-0.2, -0.15) is 0 Å². The average Bonchev–Trinajstić information content (AvgIpc) is 2.90. The largest absolute Gasteiger partial charge is 0.389 e. The van der Waals surface area contributed by atoms with Gasteiger partial charge in [-0.15, -0.1) is 0 Å². The fourth-order valence-corrected chi connectivity index (χ4v) is 3.57. The second-order valence-corrected chi connectivity index (χ2v) is 6.75. The van der Waals surface area contributed by atoms with E-state index in [1.165, 1.54) is 32.1 Å². The maximum atomic E-state index is 11.7. The summed E-state index contributed by atoms with van der Waals surface area (Å²) in [6, 6.07) is 0. The Kier molecular flexibility index (Phi) is 6.03. The second kappa shape index (κ2) is 7.78. The summed E-state index contributed by atoms with van der Waals surface area (Å²) in [6.45, 7) is 0. The zero-order valence-electron chi connectivity index (χ0n) is 12.8. The molecule has 2 rings (SSSR count). The molecule has 2 saturated carbocycles. The molecule has 2 amide bonds. The summed E-state index contributed by atoms with van der Waals surface area (Å²) < 4.78 is 0. The van der Waals surface area contributed by atoms with Crippen molar-refractivity contribution in [1.82, 2.24) is 10.9 Å². The molecule has 0 aromatic heterocycles. The Balaban J connectivity index is 1.58. The fraction of sp³-hybridized carbons (Fsp3) is 0.875. The lowest BCUT2D eigenvalue weighted by molar-refractivity contribution is -0.132. The summed E-state index contributed by atoms with van der Waals surface area (Å²) in [5, 5.41) is 10.1. The molecule has 0 radical (unpaired) electrons. The maximum Gasteiger partial charge on any atom is 0.241 e. The monoisotopic (exact) mass is 296 g/mol. The first-order valence-corrected chi connectivity index (χ1v) is 8.37. The van der Waals surface area contributed by atoms with Gasteiger partial charge in [0.15, 0.2) is 0 Å². The van der Waals surface area contributed by atoms with E-state index in [0.29, 0.717) is 25.2 Å². The Morgan fingerprint density at radius 1 is 0.952 bits per heavy atom. The average molecular weight is 296 g/mol. The highest BCUT2D eigenvalue weighted by molar-refractivity contribution is 5.82. The molecule has 21 heavy (non-hydrogen) atoms. The molecule has 0 spiro atoms. The number of carbonyl (C=O) groups excluding carboxylic acids is 2. The summed E-state index contributed by atoms with van der Waals surface area (Å²) in [6.07, 6.45) is 11.1. The molecule has 0 aliphatic heterocycles. The zero-order chi connectivity index (χ0) is 15.1. The third kappa shape index (κ3) is 5.65. The lowest BCUT2D eigenvalue weighted by atomic mass is 9.86. The highest BCUT2D eigenvalue weighted by atomic mass is 16.3. The molecule has 5 heteroatoms. The molecule has 0 unspecified atom stereocenters. The van der Waals surface area contributed by atoms with Crippen LogP contribution in [0, 0.1) is 5.92 Å². The number of hydrazine groups is 1. The van der Waals surface area contributed by atoms with Gasteiger partial charge in [0.25, 0.3) is 0 Å². The Hall–Kier alpha value is -1.10. The lowest BCUT2D eigenvalue weighted by Gasteiger charge is -2.22. The summed E-state index contributed by atoms with van der Waals surface area (Å²) in [5.41, 5.74) is 4.02. The van der Waals surface area contributed by atoms with Gasteiger partial charge < -0.3 is 5.11 Å². The van der Waals surface area contributed by atoms with Crippen LogP contribution in [0.15, 0.2) is 0 Å². The predicted molar refractivity (Wildman–Crippen MR) is 80.1 cm³/mol. The molecule has 2 aliphatic carbocycles. The van der Waals surface area contributed by atoms with Crippen molar-refractivity contribution in [3.05, 3.63) is 0 Å². The molecule has 0 aromatic carbocycles. The zero-order valence-corrected chi connectivity index (χ0v) is 12.8. The molecule has 0 heterocycles. The van der Waals surface area contributed by atoms with Crippen molar-refractivity contribution in [3.8, 4) is 0 Å². The van der Waals surface area contributed by atoms with Gasteiger partial charge in [-0.3, -0.25) is 20.4 Å². The number of nitrogens with one attached hydrogen (secondary N) is 2. The van der Waals surface area contributed by atoms with E-state index in [0.717, 1.165) is 19.3 Å². The van der Waals surface area contributed by atoms with Crippen molar-refractivity contribution in [2.24, 2.45) is 5.92 Å². The highest BCUT2D eigenvalue weighted by Crippen LogP contribution is 2.32. The van der Waals surface area contributed by atoms with E-state index >= 15 is 0 Å². The predicted octanol–water partition coefficient (Wildman–Crippen LogP) is 2.19. The van der Waals surface area contributed by atoms with Crippen molar-refractivity contribution < 1.29 is 14.7 Å². The van der Waals surface area contributed by atoms with E-state index in [4.69, 9.17) is 0 Å². The summed E-state index contributed by atoms with van der Waals surface area (Å²) in [5.74, 6) is 0.233. The third-order valence-corrected chi connectivity index (χ3v) is 4.87. The van der Waals surface area contributed by atoms with E-state index in [1.807, 2.05) is 0 Å². The van der Waals surface area contributed by atoms with Crippen LogP contribution >= 0.6 is 0 Å². The van der Waals surface area contributed by atoms with Crippen LogP contribution in [0.5, 0.6) is 0 Å². The molecule has 0 atom stereocenters. The molecule has 0 bridgehead atoms. The van der Waals surface area contributed by atoms with Crippen molar-refractivity contribution in [3.63, 3.8) is 0 Å². The van der Waals surface area contributed by atoms with Crippen molar-refractivity contribution >= 4 is 11.8 Å². The van der Waals surface area contributed by atoms with Crippen LogP contribution in [0.4, 0.5) is 0 Å². The van der Waals surface area contributed by atoms with Gasteiger partial charge >= 0.3 is 0 Å². The number of rotatable bonds is 5. The minimum atomic E-state index is -0.864. The van der Waals surface area contributed by atoms with Gasteiger partial charge in [0, 0.05) is 6.42 Å². The number of amides is 2. The van der Waals surface area contributed by atoms with Crippen molar-refractivity contribution in [2.45, 2.75) is 82.7 Å². The van der Waals surface area contributed by atoms with Gasteiger partial charge in [0.2, 0.25) is 11.8 Å². The Morgan fingerprint density at radius 3 is 2.24 bits per heavy atom. The quantitative estimate of drug-likeness (QED) is 0.680. The summed E-state index contributed by atoms with van der Waals surface area (Å²) in [7, 11) is 0. The molecular weight excluding hydrogens is 268 g/mol. The SMILES string of the molecule is O=C(CCC1CCCCC1)NNC(=O)CC1(O)CCCC1. The van der Waals surface area contributed by atoms with Gasteiger partial charge in [-0.05, 0) is 25.2 Å². The van der Waals surface area contributed by atoms with Crippen LogP contribution in [0.1, 0.15) is 77.0 Å². The molecule has 3 N–H and O–H groups in total. The van der Waals surface area contributed by atoms with Crippen LogP contribution < -0.4 is 10.9 Å². The molecule has 0 aromatic rings. The van der Waals surface area contributed by atoms with E-state index in [1.54, 1.807) is 0 Å². The standard InChI is InChI=1S/C16H28N2O3/c19-14(9-8-13-6-2-1-3-7-13)17-18-15(20)12-16(21)10-4-5-11-16/h13,21H,1-12H2,(H,17,19)(H,18,20). The minimum absolute atomic E-state index is 0.0793. The Labute approximate surface area is 126 Å². The van der Waals surface area contributed by atoms with Crippen LogP contribution in [0.3, 0.4) is 0 Å². The van der Waals surface area contributed by atoms with Gasteiger partial charge in [-0.25, -0.2) is 0 Å².